The number of alkyl halides is 2. The molecule has 104 valence electrons. The van der Waals surface area contributed by atoms with Gasteiger partial charge in [0.2, 0.25) is 0 Å². The first-order valence-corrected chi connectivity index (χ1v) is 7.00. The van der Waals surface area contributed by atoms with Crippen LogP contribution >= 0.6 is 0 Å². The topological polar surface area (TPSA) is 17.1 Å². The van der Waals surface area contributed by atoms with Gasteiger partial charge in [-0.25, -0.2) is 8.78 Å². The molecule has 1 atom stereocenters. The number of rotatable bonds is 3. The van der Waals surface area contributed by atoms with Gasteiger partial charge in [0, 0.05) is 6.42 Å². The van der Waals surface area contributed by atoms with E-state index in [-0.39, 0.29) is 12.2 Å². The predicted octanol–water partition coefficient (Wildman–Crippen LogP) is 4.40. The van der Waals surface area contributed by atoms with E-state index in [0.29, 0.717) is 12.8 Å². The molecule has 0 heterocycles. The van der Waals surface area contributed by atoms with Crippen LogP contribution in [0.3, 0.4) is 0 Å². The van der Waals surface area contributed by atoms with Gasteiger partial charge in [-0.3, -0.25) is 4.79 Å². The molecule has 3 heteroatoms. The molecule has 1 nitrogen and oxygen atoms in total. The Bertz CT molecular complexity index is 416. The fourth-order valence-corrected chi connectivity index (χ4v) is 2.92. The molecule has 1 aliphatic carbocycles. The van der Waals surface area contributed by atoms with Crippen LogP contribution in [0.15, 0.2) is 30.3 Å². The zero-order chi connectivity index (χ0) is 13.7. The minimum Gasteiger partial charge on any atom is -0.299 e. The lowest BCUT2D eigenvalue weighted by molar-refractivity contribution is -0.140. The number of hydrogen-bond acceptors (Lipinski definition) is 1. The van der Waals surface area contributed by atoms with E-state index in [0.717, 1.165) is 31.2 Å². The van der Waals surface area contributed by atoms with Gasteiger partial charge in [0.1, 0.15) is 5.78 Å². The van der Waals surface area contributed by atoms with Crippen LogP contribution in [-0.2, 0) is 11.2 Å². The lowest BCUT2D eigenvalue weighted by Gasteiger charge is -2.33. The Morgan fingerprint density at radius 1 is 1.05 bits per heavy atom. The summed E-state index contributed by atoms with van der Waals surface area (Å²) in [4.78, 5) is 12.3. The second kappa shape index (κ2) is 6.27. The maximum absolute atomic E-state index is 13.6. The normalized spacial score (nSPS) is 25.1. The van der Waals surface area contributed by atoms with E-state index in [1.165, 1.54) is 0 Å². The van der Waals surface area contributed by atoms with Crippen molar-refractivity contribution in [3.05, 3.63) is 35.9 Å². The third-order valence-corrected chi connectivity index (χ3v) is 4.11. The molecule has 0 bridgehead atoms. The molecule has 0 spiro atoms. The molecule has 0 aromatic heterocycles. The van der Waals surface area contributed by atoms with Crippen molar-refractivity contribution in [2.75, 3.05) is 0 Å². The molecule has 1 unspecified atom stereocenters. The SMILES string of the molecule is O=C1CCCCCCC1(Cc1ccccc1)C(F)F. The smallest absolute Gasteiger partial charge is 0.251 e. The first-order valence-electron chi connectivity index (χ1n) is 7.00. The van der Waals surface area contributed by atoms with Gasteiger partial charge >= 0.3 is 0 Å². The molecule has 1 saturated carbocycles. The summed E-state index contributed by atoms with van der Waals surface area (Å²) in [5.74, 6) is -0.244. The maximum Gasteiger partial charge on any atom is 0.251 e. The Kier molecular flexibility index (Phi) is 4.67. The number of hydrogen-bond donors (Lipinski definition) is 0. The fraction of sp³-hybridized carbons (Fsp3) is 0.562. The van der Waals surface area contributed by atoms with Crippen molar-refractivity contribution in [2.24, 2.45) is 5.41 Å². The highest BCUT2D eigenvalue weighted by Crippen LogP contribution is 2.40. The molecule has 0 amide bonds. The Morgan fingerprint density at radius 3 is 2.42 bits per heavy atom. The van der Waals surface area contributed by atoms with Crippen molar-refractivity contribution >= 4 is 5.78 Å². The van der Waals surface area contributed by atoms with Crippen molar-refractivity contribution in [3.8, 4) is 0 Å². The first kappa shape index (κ1) is 14.2. The summed E-state index contributed by atoms with van der Waals surface area (Å²) in [6.07, 6.45) is 1.64. The number of benzene rings is 1. The van der Waals surface area contributed by atoms with Gasteiger partial charge in [0.25, 0.3) is 6.43 Å². The van der Waals surface area contributed by atoms with Gasteiger partial charge in [-0.1, -0.05) is 49.6 Å². The average molecular weight is 266 g/mol. The highest BCUT2D eigenvalue weighted by Gasteiger charge is 2.46. The summed E-state index contributed by atoms with van der Waals surface area (Å²) >= 11 is 0. The summed E-state index contributed by atoms with van der Waals surface area (Å²) in [7, 11) is 0. The van der Waals surface area contributed by atoms with Crippen molar-refractivity contribution < 1.29 is 13.6 Å². The molecule has 0 saturated heterocycles. The van der Waals surface area contributed by atoms with E-state index in [1.807, 2.05) is 30.3 Å². The van der Waals surface area contributed by atoms with Crippen molar-refractivity contribution in [1.29, 1.82) is 0 Å². The monoisotopic (exact) mass is 266 g/mol. The third-order valence-electron chi connectivity index (χ3n) is 4.11. The first-order chi connectivity index (χ1) is 9.15. The minimum absolute atomic E-state index is 0.171. The quantitative estimate of drug-likeness (QED) is 0.792. The fourth-order valence-electron chi connectivity index (χ4n) is 2.92. The molecular formula is C16H20F2O. The molecule has 0 N–H and O–H groups in total. The highest BCUT2D eigenvalue weighted by molar-refractivity contribution is 5.85. The summed E-state index contributed by atoms with van der Waals surface area (Å²) in [5.41, 5.74) is -0.626. The van der Waals surface area contributed by atoms with Gasteiger partial charge in [-0.05, 0) is 24.8 Å². The van der Waals surface area contributed by atoms with E-state index in [4.69, 9.17) is 0 Å². The van der Waals surface area contributed by atoms with Crippen molar-refractivity contribution in [3.63, 3.8) is 0 Å². The predicted molar refractivity (Wildman–Crippen MR) is 71.3 cm³/mol. The number of carbonyl (C=O) groups is 1. The molecule has 0 radical (unpaired) electrons. The van der Waals surface area contributed by atoms with E-state index in [2.05, 4.69) is 0 Å². The van der Waals surface area contributed by atoms with E-state index in [1.54, 1.807) is 0 Å². The maximum atomic E-state index is 13.6. The summed E-state index contributed by atoms with van der Waals surface area (Å²) in [6.45, 7) is 0. The lowest BCUT2D eigenvalue weighted by Crippen LogP contribution is -2.41. The standard InChI is InChI=1S/C16H20F2O/c17-15(18)16(12-13-8-4-3-5-9-13)11-7-2-1-6-10-14(16)19/h3-5,8-9,15H,1-2,6-7,10-12H2. The minimum atomic E-state index is -2.57. The van der Waals surface area contributed by atoms with Gasteiger partial charge in [-0.15, -0.1) is 0 Å². The van der Waals surface area contributed by atoms with Crippen molar-refractivity contribution in [1.82, 2.24) is 0 Å². The van der Waals surface area contributed by atoms with Crippen LogP contribution in [0.2, 0.25) is 0 Å². The summed E-state index contributed by atoms with van der Waals surface area (Å²) < 4.78 is 27.2. The molecular weight excluding hydrogens is 246 g/mol. The van der Waals surface area contributed by atoms with Gasteiger partial charge in [-0.2, -0.15) is 0 Å². The van der Waals surface area contributed by atoms with Crippen molar-refractivity contribution in [2.45, 2.75) is 51.4 Å². The van der Waals surface area contributed by atoms with Gasteiger partial charge in [0.15, 0.2) is 0 Å². The van der Waals surface area contributed by atoms with Crippen LogP contribution in [0.25, 0.3) is 0 Å². The zero-order valence-corrected chi connectivity index (χ0v) is 11.1. The van der Waals surface area contributed by atoms with Gasteiger partial charge in [0.05, 0.1) is 5.41 Å². The third kappa shape index (κ3) is 3.20. The Labute approximate surface area is 113 Å². The van der Waals surface area contributed by atoms with Crippen LogP contribution in [-0.4, -0.2) is 12.2 Å². The second-order valence-corrected chi connectivity index (χ2v) is 5.46. The molecule has 1 aliphatic rings. The molecule has 1 fully saturated rings. The number of Topliss-reactive ketones (excluding diaryl/α,β-unsaturated/α-hetero) is 1. The molecule has 1 aromatic rings. The highest BCUT2D eigenvalue weighted by atomic mass is 19.3. The number of carbonyl (C=O) groups excluding carboxylic acids is 1. The molecule has 19 heavy (non-hydrogen) atoms. The lowest BCUT2D eigenvalue weighted by atomic mass is 9.71. The zero-order valence-electron chi connectivity index (χ0n) is 11.1. The average Bonchev–Trinajstić information content (AvgIpc) is 2.39. The van der Waals surface area contributed by atoms with E-state index < -0.39 is 11.8 Å². The van der Waals surface area contributed by atoms with Crippen LogP contribution < -0.4 is 0 Å². The molecule has 2 rings (SSSR count). The largest absolute Gasteiger partial charge is 0.299 e. The molecule has 1 aromatic carbocycles. The Balaban J connectivity index is 2.26. The Hall–Kier alpha value is -1.25. The van der Waals surface area contributed by atoms with Gasteiger partial charge < -0.3 is 0 Å². The number of halogens is 2. The van der Waals surface area contributed by atoms with Crippen LogP contribution in [0.5, 0.6) is 0 Å². The van der Waals surface area contributed by atoms with E-state index in [9.17, 15) is 13.6 Å². The van der Waals surface area contributed by atoms with Crippen LogP contribution in [0, 0.1) is 5.41 Å². The molecule has 0 aliphatic heterocycles. The Morgan fingerprint density at radius 2 is 1.74 bits per heavy atom. The van der Waals surface area contributed by atoms with Crippen LogP contribution in [0.4, 0.5) is 8.78 Å². The van der Waals surface area contributed by atoms with Crippen LogP contribution in [0.1, 0.15) is 44.1 Å². The second-order valence-electron chi connectivity index (χ2n) is 5.46. The summed E-state index contributed by atoms with van der Waals surface area (Å²) in [5, 5.41) is 0. The van der Waals surface area contributed by atoms with E-state index >= 15 is 0 Å². The summed E-state index contributed by atoms with van der Waals surface area (Å²) in [6, 6.07) is 9.19. The number of ketones is 1.